The van der Waals surface area contributed by atoms with Crippen molar-refractivity contribution >= 4 is 5.91 Å². The van der Waals surface area contributed by atoms with Crippen LogP contribution in [0, 0.1) is 11.3 Å². The maximum atomic E-state index is 11.8. The fourth-order valence-electron chi connectivity index (χ4n) is 2.00. The van der Waals surface area contributed by atoms with Crippen molar-refractivity contribution < 1.29 is 4.79 Å². The molecule has 0 atom stereocenters. The van der Waals surface area contributed by atoms with E-state index in [0.717, 1.165) is 25.9 Å². The van der Waals surface area contributed by atoms with Crippen LogP contribution < -0.4 is 0 Å². The van der Waals surface area contributed by atoms with Crippen LogP contribution in [0.15, 0.2) is 24.5 Å². The summed E-state index contributed by atoms with van der Waals surface area (Å²) in [6.07, 6.45) is 9.98. The molecule has 0 aromatic carbocycles. The standard InChI is InChI=1S/C13H16N4O/c14-9-12-10-15-17(11-12)8-4-5-13(18)16-6-2-1-3-7-16/h4-5,10-11H,1-3,6-8H2/b5-4+. The first-order valence-corrected chi connectivity index (χ1v) is 6.17. The average molecular weight is 244 g/mol. The molecule has 0 unspecified atom stereocenters. The van der Waals surface area contributed by atoms with Gasteiger partial charge < -0.3 is 4.90 Å². The predicted octanol–water partition coefficient (Wildman–Crippen LogP) is 1.32. The normalized spacial score (nSPS) is 15.8. The van der Waals surface area contributed by atoms with Crippen LogP contribution >= 0.6 is 0 Å². The highest BCUT2D eigenvalue weighted by Gasteiger charge is 2.13. The molecule has 0 bridgehead atoms. The maximum absolute atomic E-state index is 11.8. The number of rotatable bonds is 3. The third-order valence-electron chi connectivity index (χ3n) is 2.98. The molecule has 5 nitrogen and oxygen atoms in total. The Bertz CT molecular complexity index is 477. The van der Waals surface area contributed by atoms with Crippen molar-refractivity contribution in [3.05, 3.63) is 30.1 Å². The van der Waals surface area contributed by atoms with Crippen molar-refractivity contribution in [3.63, 3.8) is 0 Å². The first kappa shape index (κ1) is 12.4. The SMILES string of the molecule is N#Cc1cnn(C/C=C/C(=O)N2CCCCC2)c1. The van der Waals surface area contributed by atoms with Gasteiger partial charge in [0, 0.05) is 25.4 Å². The highest BCUT2D eigenvalue weighted by Crippen LogP contribution is 2.08. The van der Waals surface area contributed by atoms with Crippen molar-refractivity contribution in [2.75, 3.05) is 13.1 Å². The van der Waals surface area contributed by atoms with E-state index in [1.165, 1.54) is 12.6 Å². The van der Waals surface area contributed by atoms with Gasteiger partial charge in [-0.3, -0.25) is 9.48 Å². The van der Waals surface area contributed by atoms with Crippen molar-refractivity contribution in [1.82, 2.24) is 14.7 Å². The van der Waals surface area contributed by atoms with Crippen LogP contribution in [0.4, 0.5) is 0 Å². The fraction of sp³-hybridized carbons (Fsp3) is 0.462. The number of carbonyl (C=O) groups is 1. The lowest BCUT2D eigenvalue weighted by Crippen LogP contribution is -2.34. The number of nitriles is 1. The second kappa shape index (κ2) is 6.01. The summed E-state index contributed by atoms with van der Waals surface area (Å²) in [6, 6.07) is 2.02. The smallest absolute Gasteiger partial charge is 0.246 e. The van der Waals surface area contributed by atoms with Gasteiger partial charge in [-0.2, -0.15) is 10.4 Å². The summed E-state index contributed by atoms with van der Waals surface area (Å²) in [4.78, 5) is 13.7. The molecule has 0 radical (unpaired) electrons. The molecular formula is C13H16N4O. The second-order valence-electron chi connectivity index (χ2n) is 4.35. The number of amides is 1. The Morgan fingerprint density at radius 1 is 1.44 bits per heavy atom. The number of allylic oxidation sites excluding steroid dienone is 1. The maximum Gasteiger partial charge on any atom is 0.246 e. The number of aromatic nitrogens is 2. The molecule has 1 aromatic rings. The molecule has 94 valence electrons. The second-order valence-corrected chi connectivity index (χ2v) is 4.35. The van der Waals surface area contributed by atoms with E-state index in [4.69, 9.17) is 5.26 Å². The van der Waals surface area contributed by atoms with Gasteiger partial charge in [-0.05, 0) is 19.3 Å². The van der Waals surface area contributed by atoms with Crippen LogP contribution in [0.1, 0.15) is 24.8 Å². The van der Waals surface area contributed by atoms with Gasteiger partial charge in [0.25, 0.3) is 0 Å². The van der Waals surface area contributed by atoms with Crippen LogP contribution in [0.25, 0.3) is 0 Å². The van der Waals surface area contributed by atoms with E-state index in [2.05, 4.69) is 5.10 Å². The minimum absolute atomic E-state index is 0.0716. The Kier molecular flexibility index (Phi) is 4.13. The van der Waals surface area contributed by atoms with Crippen molar-refractivity contribution in [2.24, 2.45) is 0 Å². The lowest BCUT2D eigenvalue weighted by molar-refractivity contribution is -0.126. The van der Waals surface area contributed by atoms with Gasteiger partial charge in [0.15, 0.2) is 0 Å². The van der Waals surface area contributed by atoms with Crippen LogP contribution in [-0.4, -0.2) is 33.7 Å². The lowest BCUT2D eigenvalue weighted by atomic mass is 10.1. The zero-order valence-electron chi connectivity index (χ0n) is 10.2. The van der Waals surface area contributed by atoms with Crippen LogP contribution in [0.5, 0.6) is 0 Å². The topological polar surface area (TPSA) is 61.9 Å². The molecule has 0 N–H and O–H groups in total. The lowest BCUT2D eigenvalue weighted by Gasteiger charge is -2.25. The summed E-state index contributed by atoms with van der Waals surface area (Å²) in [5, 5.41) is 12.7. The number of hydrogen-bond acceptors (Lipinski definition) is 3. The molecule has 1 aromatic heterocycles. The first-order valence-electron chi connectivity index (χ1n) is 6.17. The highest BCUT2D eigenvalue weighted by atomic mass is 16.2. The molecule has 1 fully saturated rings. The summed E-state index contributed by atoms with van der Waals surface area (Å²) in [6.45, 7) is 2.24. The molecular weight excluding hydrogens is 228 g/mol. The molecule has 0 saturated carbocycles. The molecule has 1 aliphatic rings. The van der Waals surface area contributed by atoms with Crippen LogP contribution in [0.3, 0.4) is 0 Å². The molecule has 2 rings (SSSR count). The summed E-state index contributed by atoms with van der Waals surface area (Å²) < 4.78 is 1.64. The fourth-order valence-corrected chi connectivity index (χ4v) is 2.00. The highest BCUT2D eigenvalue weighted by molar-refractivity contribution is 5.87. The van der Waals surface area contributed by atoms with E-state index >= 15 is 0 Å². The van der Waals surface area contributed by atoms with Gasteiger partial charge in [0.05, 0.1) is 18.3 Å². The van der Waals surface area contributed by atoms with Crippen molar-refractivity contribution in [2.45, 2.75) is 25.8 Å². The molecule has 5 heteroatoms. The third-order valence-corrected chi connectivity index (χ3v) is 2.98. The zero-order valence-corrected chi connectivity index (χ0v) is 10.2. The molecule has 1 aliphatic heterocycles. The molecule has 2 heterocycles. The Morgan fingerprint density at radius 3 is 2.89 bits per heavy atom. The summed E-state index contributed by atoms with van der Waals surface area (Å²) >= 11 is 0. The van der Waals surface area contributed by atoms with Gasteiger partial charge in [-0.25, -0.2) is 0 Å². The Labute approximate surface area is 106 Å². The quantitative estimate of drug-likeness (QED) is 0.753. The molecule has 1 saturated heterocycles. The number of nitrogens with zero attached hydrogens (tertiary/aromatic N) is 4. The summed E-state index contributed by atoms with van der Waals surface area (Å²) in [5.74, 6) is 0.0716. The Hall–Kier alpha value is -2.09. The molecule has 0 spiro atoms. The largest absolute Gasteiger partial charge is 0.339 e. The Morgan fingerprint density at radius 2 is 2.22 bits per heavy atom. The summed E-state index contributed by atoms with van der Waals surface area (Å²) in [7, 11) is 0. The zero-order chi connectivity index (χ0) is 12.8. The molecule has 0 aliphatic carbocycles. The van der Waals surface area contributed by atoms with E-state index in [1.807, 2.05) is 11.0 Å². The number of carbonyl (C=O) groups excluding carboxylic acids is 1. The molecule has 1 amide bonds. The van der Waals surface area contributed by atoms with Gasteiger partial charge in [0.1, 0.15) is 6.07 Å². The average Bonchev–Trinajstić information content (AvgIpc) is 2.87. The van der Waals surface area contributed by atoms with E-state index in [0.29, 0.717) is 12.1 Å². The van der Waals surface area contributed by atoms with Crippen LogP contribution in [0.2, 0.25) is 0 Å². The van der Waals surface area contributed by atoms with E-state index < -0.39 is 0 Å². The Balaban J connectivity index is 1.83. The minimum atomic E-state index is 0.0716. The van der Waals surface area contributed by atoms with Gasteiger partial charge in [-0.15, -0.1) is 0 Å². The predicted molar refractivity (Wildman–Crippen MR) is 66.5 cm³/mol. The van der Waals surface area contributed by atoms with E-state index in [1.54, 1.807) is 23.0 Å². The van der Waals surface area contributed by atoms with E-state index in [9.17, 15) is 4.79 Å². The molecule has 18 heavy (non-hydrogen) atoms. The van der Waals surface area contributed by atoms with Crippen molar-refractivity contribution in [3.8, 4) is 6.07 Å². The monoisotopic (exact) mass is 244 g/mol. The third kappa shape index (κ3) is 3.20. The van der Waals surface area contributed by atoms with Crippen molar-refractivity contribution in [1.29, 1.82) is 5.26 Å². The number of likely N-dealkylation sites (tertiary alicyclic amines) is 1. The van der Waals surface area contributed by atoms with Crippen LogP contribution in [-0.2, 0) is 11.3 Å². The minimum Gasteiger partial charge on any atom is -0.339 e. The van der Waals surface area contributed by atoms with Gasteiger partial charge in [0.2, 0.25) is 5.91 Å². The number of hydrogen-bond donors (Lipinski definition) is 0. The van der Waals surface area contributed by atoms with E-state index in [-0.39, 0.29) is 5.91 Å². The first-order chi connectivity index (χ1) is 8.79. The summed E-state index contributed by atoms with van der Waals surface area (Å²) in [5.41, 5.74) is 0.533. The number of piperidine rings is 1. The van der Waals surface area contributed by atoms with Gasteiger partial charge in [-0.1, -0.05) is 6.08 Å². The van der Waals surface area contributed by atoms with Gasteiger partial charge >= 0.3 is 0 Å².